The van der Waals surface area contributed by atoms with Crippen LogP contribution < -0.4 is 5.73 Å². The molecule has 15 heavy (non-hydrogen) atoms. The third kappa shape index (κ3) is 2.06. The molecule has 1 aliphatic rings. The number of aryl methyl sites for hydroxylation is 1. The summed E-state index contributed by atoms with van der Waals surface area (Å²) < 4.78 is 0. The molecule has 2 rings (SSSR count). The first kappa shape index (κ1) is 10.6. The number of rotatable bonds is 2. The fourth-order valence-electron chi connectivity index (χ4n) is 2.04. The number of carbonyl (C=O) groups is 1. The van der Waals surface area contributed by atoms with Crippen molar-refractivity contribution in [1.82, 2.24) is 4.90 Å². The van der Waals surface area contributed by atoms with Crippen molar-refractivity contribution in [2.45, 2.75) is 25.8 Å². The topological polar surface area (TPSA) is 46.3 Å². The maximum atomic E-state index is 12.1. The van der Waals surface area contributed by atoms with Crippen molar-refractivity contribution in [2.75, 3.05) is 13.1 Å². The molecule has 1 aromatic rings. The van der Waals surface area contributed by atoms with E-state index in [1.54, 1.807) is 11.3 Å². The highest BCUT2D eigenvalue weighted by Crippen LogP contribution is 2.23. The molecule has 0 bridgehead atoms. The fraction of sp³-hybridized carbons (Fsp3) is 0.545. The van der Waals surface area contributed by atoms with Crippen molar-refractivity contribution in [2.24, 2.45) is 5.73 Å². The van der Waals surface area contributed by atoms with Gasteiger partial charge in [-0.25, -0.2) is 0 Å². The lowest BCUT2D eigenvalue weighted by atomic mass is 10.2. The van der Waals surface area contributed by atoms with E-state index >= 15 is 0 Å². The molecule has 0 radical (unpaired) electrons. The Balaban J connectivity index is 2.13. The summed E-state index contributed by atoms with van der Waals surface area (Å²) in [5, 5.41) is 0. The van der Waals surface area contributed by atoms with Crippen LogP contribution in [0.3, 0.4) is 0 Å². The van der Waals surface area contributed by atoms with Crippen molar-refractivity contribution in [1.29, 1.82) is 0 Å². The predicted molar refractivity (Wildman–Crippen MR) is 62.2 cm³/mol. The smallest absolute Gasteiger partial charge is 0.264 e. The zero-order valence-electron chi connectivity index (χ0n) is 8.90. The SMILES string of the molecule is Cc1ccc(C(=O)N2CCCC2CN)s1. The molecule has 1 aromatic heterocycles. The van der Waals surface area contributed by atoms with E-state index in [1.165, 1.54) is 4.88 Å². The van der Waals surface area contributed by atoms with Gasteiger partial charge < -0.3 is 10.6 Å². The van der Waals surface area contributed by atoms with Crippen molar-refractivity contribution < 1.29 is 4.79 Å². The molecule has 0 aliphatic carbocycles. The molecule has 1 saturated heterocycles. The van der Waals surface area contributed by atoms with Crippen LogP contribution in [0.2, 0.25) is 0 Å². The van der Waals surface area contributed by atoms with E-state index < -0.39 is 0 Å². The van der Waals surface area contributed by atoms with E-state index in [4.69, 9.17) is 5.73 Å². The number of amides is 1. The molecular weight excluding hydrogens is 208 g/mol. The van der Waals surface area contributed by atoms with Gasteiger partial charge in [0.15, 0.2) is 0 Å². The van der Waals surface area contributed by atoms with Crippen LogP contribution in [0.1, 0.15) is 27.4 Å². The molecule has 4 heteroatoms. The molecule has 0 saturated carbocycles. The summed E-state index contributed by atoms with van der Waals surface area (Å²) >= 11 is 1.56. The van der Waals surface area contributed by atoms with E-state index in [1.807, 2.05) is 24.0 Å². The summed E-state index contributed by atoms with van der Waals surface area (Å²) in [4.78, 5) is 16.1. The Labute approximate surface area is 93.9 Å². The van der Waals surface area contributed by atoms with E-state index in [2.05, 4.69) is 0 Å². The van der Waals surface area contributed by atoms with Gasteiger partial charge in [0.05, 0.1) is 4.88 Å². The number of hydrogen-bond acceptors (Lipinski definition) is 3. The third-order valence-corrected chi connectivity index (χ3v) is 3.85. The third-order valence-electron chi connectivity index (χ3n) is 2.86. The molecule has 1 amide bonds. The van der Waals surface area contributed by atoms with Gasteiger partial charge >= 0.3 is 0 Å². The standard InChI is InChI=1S/C11H16N2OS/c1-8-4-5-10(15-8)11(14)13-6-2-3-9(13)7-12/h4-5,9H,2-3,6-7,12H2,1H3. The first-order valence-corrected chi connectivity index (χ1v) is 6.11. The number of carbonyl (C=O) groups excluding carboxylic acids is 1. The fourth-order valence-corrected chi connectivity index (χ4v) is 2.86. The minimum atomic E-state index is 0.154. The van der Waals surface area contributed by atoms with Crippen LogP contribution in [-0.4, -0.2) is 29.9 Å². The number of nitrogens with two attached hydrogens (primary N) is 1. The summed E-state index contributed by atoms with van der Waals surface area (Å²) in [6, 6.07) is 4.15. The molecular formula is C11H16N2OS. The lowest BCUT2D eigenvalue weighted by molar-refractivity contribution is 0.0746. The quantitative estimate of drug-likeness (QED) is 0.829. The van der Waals surface area contributed by atoms with Gasteiger partial charge in [-0.15, -0.1) is 11.3 Å². The van der Waals surface area contributed by atoms with Gasteiger partial charge in [0.25, 0.3) is 5.91 Å². The van der Waals surface area contributed by atoms with E-state index in [9.17, 15) is 4.79 Å². The lowest BCUT2D eigenvalue weighted by Crippen LogP contribution is -2.39. The molecule has 1 unspecified atom stereocenters. The highest BCUT2D eigenvalue weighted by atomic mass is 32.1. The second-order valence-corrected chi connectivity index (χ2v) is 5.23. The monoisotopic (exact) mass is 224 g/mol. The maximum Gasteiger partial charge on any atom is 0.264 e. The number of hydrogen-bond donors (Lipinski definition) is 1. The Morgan fingerprint density at radius 1 is 1.67 bits per heavy atom. The Morgan fingerprint density at radius 2 is 2.47 bits per heavy atom. The van der Waals surface area contributed by atoms with Gasteiger partial charge in [-0.2, -0.15) is 0 Å². The van der Waals surface area contributed by atoms with Crippen molar-refractivity contribution in [3.05, 3.63) is 21.9 Å². The lowest BCUT2D eigenvalue weighted by Gasteiger charge is -2.22. The Hall–Kier alpha value is -0.870. The van der Waals surface area contributed by atoms with Crippen LogP contribution in [0, 0.1) is 6.92 Å². The Bertz CT molecular complexity index is 361. The molecule has 1 aliphatic heterocycles. The second-order valence-electron chi connectivity index (χ2n) is 3.94. The van der Waals surface area contributed by atoms with Crippen LogP contribution in [-0.2, 0) is 0 Å². The maximum absolute atomic E-state index is 12.1. The van der Waals surface area contributed by atoms with Crippen molar-refractivity contribution in [3.8, 4) is 0 Å². The minimum absolute atomic E-state index is 0.154. The Morgan fingerprint density at radius 3 is 3.07 bits per heavy atom. The van der Waals surface area contributed by atoms with Crippen LogP contribution in [0.4, 0.5) is 0 Å². The highest BCUT2D eigenvalue weighted by molar-refractivity contribution is 7.13. The van der Waals surface area contributed by atoms with Crippen molar-refractivity contribution in [3.63, 3.8) is 0 Å². The summed E-state index contributed by atoms with van der Waals surface area (Å²) in [6.07, 6.45) is 2.13. The zero-order chi connectivity index (χ0) is 10.8. The molecule has 1 atom stereocenters. The van der Waals surface area contributed by atoms with E-state index in [-0.39, 0.29) is 11.9 Å². The van der Waals surface area contributed by atoms with Gasteiger partial charge in [0.2, 0.25) is 0 Å². The minimum Gasteiger partial charge on any atom is -0.334 e. The largest absolute Gasteiger partial charge is 0.334 e. The molecule has 0 spiro atoms. The van der Waals surface area contributed by atoms with Crippen LogP contribution >= 0.6 is 11.3 Å². The van der Waals surface area contributed by atoms with Crippen molar-refractivity contribution >= 4 is 17.2 Å². The van der Waals surface area contributed by atoms with Crippen LogP contribution in [0.25, 0.3) is 0 Å². The van der Waals surface area contributed by atoms with Gasteiger partial charge in [-0.1, -0.05) is 0 Å². The summed E-state index contributed by atoms with van der Waals surface area (Å²) in [7, 11) is 0. The summed E-state index contributed by atoms with van der Waals surface area (Å²) in [6.45, 7) is 3.46. The number of nitrogens with zero attached hydrogens (tertiary/aromatic N) is 1. The first-order valence-electron chi connectivity index (χ1n) is 5.30. The van der Waals surface area contributed by atoms with Crippen LogP contribution in [0.5, 0.6) is 0 Å². The second kappa shape index (κ2) is 4.33. The average molecular weight is 224 g/mol. The molecule has 1 fully saturated rings. The van der Waals surface area contributed by atoms with E-state index in [0.29, 0.717) is 6.54 Å². The molecule has 0 aromatic carbocycles. The van der Waals surface area contributed by atoms with Gasteiger partial charge in [0.1, 0.15) is 0 Å². The van der Waals surface area contributed by atoms with Gasteiger partial charge in [-0.3, -0.25) is 4.79 Å². The summed E-state index contributed by atoms with van der Waals surface area (Å²) in [5.74, 6) is 0.154. The molecule has 82 valence electrons. The predicted octanol–water partition coefficient (Wildman–Crippen LogP) is 1.62. The first-order chi connectivity index (χ1) is 7.22. The van der Waals surface area contributed by atoms with Gasteiger partial charge in [0, 0.05) is 24.0 Å². The average Bonchev–Trinajstić information content (AvgIpc) is 2.84. The van der Waals surface area contributed by atoms with Crippen LogP contribution in [0.15, 0.2) is 12.1 Å². The molecule has 2 N–H and O–H groups in total. The normalized spacial score (nSPS) is 20.9. The highest BCUT2D eigenvalue weighted by Gasteiger charge is 2.28. The number of likely N-dealkylation sites (tertiary alicyclic amines) is 1. The zero-order valence-corrected chi connectivity index (χ0v) is 9.72. The molecule has 3 nitrogen and oxygen atoms in total. The van der Waals surface area contributed by atoms with Gasteiger partial charge in [-0.05, 0) is 31.9 Å². The van der Waals surface area contributed by atoms with E-state index in [0.717, 1.165) is 24.3 Å². The number of thiophene rings is 1. The molecule has 2 heterocycles. The Kier molecular flexibility index (Phi) is 3.07. The summed E-state index contributed by atoms with van der Waals surface area (Å²) in [5.41, 5.74) is 5.65.